The number of ether oxygens (including phenoxy) is 2. The van der Waals surface area contributed by atoms with Crippen molar-refractivity contribution in [3.8, 4) is 5.75 Å². The number of methoxy groups -OCH3 is 1. The highest BCUT2D eigenvalue weighted by Crippen LogP contribution is 2.30. The molecule has 7 nitrogen and oxygen atoms in total. The average Bonchev–Trinajstić information content (AvgIpc) is 2.71. The molecule has 10 heteroatoms. The maximum absolute atomic E-state index is 12.7. The van der Waals surface area contributed by atoms with Gasteiger partial charge in [-0.15, -0.1) is 0 Å². The summed E-state index contributed by atoms with van der Waals surface area (Å²) in [7, 11) is 1.39. The zero-order chi connectivity index (χ0) is 22.3. The fourth-order valence-electron chi connectivity index (χ4n) is 2.39. The Morgan fingerprint density at radius 3 is 2.43 bits per heavy atom. The Bertz CT molecular complexity index is 931. The van der Waals surface area contributed by atoms with E-state index >= 15 is 0 Å². The summed E-state index contributed by atoms with van der Waals surface area (Å²) < 4.78 is 48.2. The largest absolute Gasteiger partial charge is 0.496 e. The third-order valence-corrected chi connectivity index (χ3v) is 3.88. The van der Waals surface area contributed by atoms with Gasteiger partial charge in [0.15, 0.2) is 6.10 Å². The minimum Gasteiger partial charge on any atom is -0.496 e. The van der Waals surface area contributed by atoms with Gasteiger partial charge in [0.25, 0.3) is 11.8 Å². The van der Waals surface area contributed by atoms with Crippen LogP contribution in [-0.2, 0) is 20.5 Å². The zero-order valence-corrected chi connectivity index (χ0v) is 16.1. The molecule has 30 heavy (non-hydrogen) atoms. The third-order valence-electron chi connectivity index (χ3n) is 3.88. The lowest BCUT2D eigenvalue weighted by atomic mass is 10.2. The molecule has 2 rings (SSSR count). The Labute approximate surface area is 170 Å². The van der Waals surface area contributed by atoms with E-state index in [1.54, 1.807) is 18.2 Å². The minimum atomic E-state index is -4.56. The molecule has 2 aromatic rings. The summed E-state index contributed by atoms with van der Waals surface area (Å²) in [6.07, 6.45) is -5.85. The first kappa shape index (κ1) is 22.7. The number of hydrogen-bond donors (Lipinski definition) is 2. The van der Waals surface area contributed by atoms with Crippen LogP contribution in [0.1, 0.15) is 22.8 Å². The quantitative estimate of drug-likeness (QED) is 0.667. The van der Waals surface area contributed by atoms with E-state index in [1.165, 1.54) is 26.2 Å². The van der Waals surface area contributed by atoms with Gasteiger partial charge >= 0.3 is 12.1 Å². The number of amides is 2. The molecule has 0 aliphatic carbocycles. The number of anilines is 1. The molecule has 0 saturated heterocycles. The summed E-state index contributed by atoms with van der Waals surface area (Å²) in [5.41, 5.74) is -0.811. The normalized spacial score (nSPS) is 11.9. The Morgan fingerprint density at radius 2 is 1.77 bits per heavy atom. The van der Waals surface area contributed by atoms with Gasteiger partial charge in [-0.05, 0) is 37.3 Å². The van der Waals surface area contributed by atoms with Crippen molar-refractivity contribution < 1.29 is 37.0 Å². The maximum Gasteiger partial charge on any atom is 0.416 e. The number of para-hydroxylation sites is 1. The minimum absolute atomic E-state index is 0.0952. The van der Waals surface area contributed by atoms with Crippen molar-refractivity contribution in [3.63, 3.8) is 0 Å². The second-order valence-electron chi connectivity index (χ2n) is 6.08. The number of carbonyl (C=O) groups is 3. The molecule has 0 radical (unpaired) electrons. The Hall–Kier alpha value is -3.56. The SMILES string of the molecule is COc1ccccc1C(=O)NCC(=O)OC(C)C(=O)Nc1cccc(C(F)(F)F)c1. The van der Waals surface area contributed by atoms with Gasteiger partial charge in [0.05, 0.1) is 18.2 Å². The van der Waals surface area contributed by atoms with E-state index < -0.39 is 42.2 Å². The molecule has 0 saturated carbocycles. The summed E-state index contributed by atoms with van der Waals surface area (Å²) in [5.74, 6) is -1.98. The van der Waals surface area contributed by atoms with Gasteiger partial charge in [0, 0.05) is 5.69 Å². The van der Waals surface area contributed by atoms with Crippen molar-refractivity contribution in [2.24, 2.45) is 0 Å². The molecule has 1 atom stereocenters. The van der Waals surface area contributed by atoms with Gasteiger partial charge < -0.3 is 20.1 Å². The number of rotatable bonds is 7. The Morgan fingerprint density at radius 1 is 1.07 bits per heavy atom. The van der Waals surface area contributed by atoms with Crippen LogP contribution in [0.25, 0.3) is 0 Å². The van der Waals surface area contributed by atoms with Gasteiger partial charge in [-0.25, -0.2) is 0 Å². The van der Waals surface area contributed by atoms with Crippen molar-refractivity contribution >= 4 is 23.5 Å². The van der Waals surface area contributed by atoms with Crippen LogP contribution in [0.2, 0.25) is 0 Å². The first-order valence-corrected chi connectivity index (χ1v) is 8.70. The van der Waals surface area contributed by atoms with Gasteiger partial charge in [-0.2, -0.15) is 13.2 Å². The maximum atomic E-state index is 12.7. The molecule has 0 bridgehead atoms. The second-order valence-corrected chi connectivity index (χ2v) is 6.08. The fraction of sp³-hybridized carbons (Fsp3) is 0.250. The molecule has 1 unspecified atom stereocenters. The molecule has 160 valence electrons. The number of esters is 1. The van der Waals surface area contributed by atoms with Crippen LogP contribution < -0.4 is 15.4 Å². The summed E-state index contributed by atoms with van der Waals surface area (Å²) in [4.78, 5) is 36.1. The summed E-state index contributed by atoms with van der Waals surface area (Å²) in [6, 6.07) is 10.4. The van der Waals surface area contributed by atoms with Crippen molar-refractivity contribution in [1.82, 2.24) is 5.32 Å². The molecule has 0 spiro atoms. The summed E-state index contributed by atoms with van der Waals surface area (Å²) >= 11 is 0. The number of alkyl halides is 3. The second kappa shape index (κ2) is 9.77. The monoisotopic (exact) mass is 424 g/mol. The van der Waals surface area contributed by atoms with Crippen LogP contribution in [0.3, 0.4) is 0 Å². The topological polar surface area (TPSA) is 93.7 Å². The lowest BCUT2D eigenvalue weighted by molar-refractivity contribution is -0.152. The van der Waals surface area contributed by atoms with Gasteiger partial charge in [-0.1, -0.05) is 18.2 Å². The standard InChI is InChI=1S/C20H19F3N2O5/c1-12(18(27)25-14-7-5-6-13(10-14)20(21,22)23)30-17(26)11-24-19(28)15-8-3-4-9-16(15)29-2/h3-10,12H,11H2,1-2H3,(H,24,28)(H,25,27). The van der Waals surface area contributed by atoms with E-state index in [-0.39, 0.29) is 11.3 Å². The fourth-order valence-corrected chi connectivity index (χ4v) is 2.39. The van der Waals surface area contributed by atoms with Crippen LogP contribution in [-0.4, -0.2) is 37.5 Å². The number of halogens is 3. The molecule has 0 heterocycles. The van der Waals surface area contributed by atoms with E-state index in [1.807, 2.05) is 0 Å². The summed E-state index contributed by atoms with van der Waals surface area (Å²) in [5, 5.41) is 4.59. The Balaban J connectivity index is 1.88. The zero-order valence-electron chi connectivity index (χ0n) is 16.1. The van der Waals surface area contributed by atoms with E-state index in [0.717, 1.165) is 18.2 Å². The Kier molecular flexibility index (Phi) is 7.40. The van der Waals surface area contributed by atoms with E-state index in [9.17, 15) is 27.6 Å². The smallest absolute Gasteiger partial charge is 0.416 e. The average molecular weight is 424 g/mol. The van der Waals surface area contributed by atoms with E-state index in [4.69, 9.17) is 9.47 Å². The molecular formula is C20H19F3N2O5. The number of benzene rings is 2. The van der Waals surface area contributed by atoms with Gasteiger partial charge in [0.1, 0.15) is 12.3 Å². The summed E-state index contributed by atoms with van der Waals surface area (Å²) in [6.45, 7) is 0.737. The van der Waals surface area contributed by atoms with Crippen molar-refractivity contribution in [3.05, 3.63) is 59.7 Å². The third kappa shape index (κ3) is 6.23. The predicted molar refractivity (Wildman–Crippen MR) is 101 cm³/mol. The van der Waals surface area contributed by atoms with Crippen LogP contribution in [0.4, 0.5) is 18.9 Å². The van der Waals surface area contributed by atoms with Crippen molar-refractivity contribution in [2.75, 3.05) is 19.0 Å². The molecule has 2 N–H and O–H groups in total. The van der Waals surface area contributed by atoms with Gasteiger partial charge in [-0.3, -0.25) is 14.4 Å². The van der Waals surface area contributed by atoms with E-state index in [0.29, 0.717) is 5.75 Å². The molecule has 0 aliphatic rings. The van der Waals surface area contributed by atoms with Crippen LogP contribution in [0.15, 0.2) is 48.5 Å². The van der Waals surface area contributed by atoms with E-state index in [2.05, 4.69) is 10.6 Å². The number of carbonyl (C=O) groups excluding carboxylic acids is 3. The number of hydrogen-bond acceptors (Lipinski definition) is 5. The number of nitrogens with one attached hydrogen (secondary N) is 2. The van der Waals surface area contributed by atoms with Crippen LogP contribution in [0, 0.1) is 0 Å². The molecular weight excluding hydrogens is 405 g/mol. The highest BCUT2D eigenvalue weighted by Gasteiger charge is 2.30. The molecule has 0 aromatic heterocycles. The first-order valence-electron chi connectivity index (χ1n) is 8.70. The lowest BCUT2D eigenvalue weighted by Crippen LogP contribution is -2.36. The molecule has 0 aliphatic heterocycles. The molecule has 2 amide bonds. The first-order chi connectivity index (χ1) is 14.1. The van der Waals surface area contributed by atoms with Crippen molar-refractivity contribution in [1.29, 1.82) is 0 Å². The van der Waals surface area contributed by atoms with Gasteiger partial charge in [0.2, 0.25) is 0 Å². The molecule has 2 aromatic carbocycles. The highest BCUT2D eigenvalue weighted by molar-refractivity contribution is 5.99. The predicted octanol–water partition coefficient (Wildman–Crippen LogP) is 3.01. The van der Waals surface area contributed by atoms with Crippen LogP contribution in [0.5, 0.6) is 5.75 Å². The highest BCUT2D eigenvalue weighted by atomic mass is 19.4. The van der Waals surface area contributed by atoms with Crippen LogP contribution >= 0.6 is 0 Å². The van der Waals surface area contributed by atoms with Crippen molar-refractivity contribution in [2.45, 2.75) is 19.2 Å². The molecule has 0 fully saturated rings. The lowest BCUT2D eigenvalue weighted by Gasteiger charge is -2.15.